The summed E-state index contributed by atoms with van der Waals surface area (Å²) in [4.78, 5) is 8.72. The Morgan fingerprint density at radius 3 is 2.80 bits per heavy atom. The van der Waals surface area contributed by atoms with Gasteiger partial charge in [-0.05, 0) is 26.5 Å². The molecule has 4 heteroatoms. The lowest BCUT2D eigenvalue weighted by Crippen LogP contribution is -2.19. The summed E-state index contributed by atoms with van der Waals surface area (Å²) in [5, 5.41) is 3.39. The average molecular weight is 225 g/mol. The molecule has 1 aromatic heterocycles. The Morgan fingerprint density at radius 1 is 1.47 bits per heavy atom. The fourth-order valence-corrected chi connectivity index (χ4v) is 2.01. The minimum Gasteiger partial charge on any atom is -0.367 e. The molecule has 0 spiro atoms. The zero-order valence-electron chi connectivity index (χ0n) is 9.87. The van der Waals surface area contributed by atoms with Gasteiger partial charge >= 0.3 is 0 Å². The monoisotopic (exact) mass is 225 g/mol. The number of thioether (sulfide) groups is 1. The number of hydrogen-bond donors (Lipinski definition) is 1. The van der Waals surface area contributed by atoms with Gasteiger partial charge < -0.3 is 5.32 Å². The van der Waals surface area contributed by atoms with Crippen LogP contribution in [0.3, 0.4) is 0 Å². The second-order valence-corrected chi connectivity index (χ2v) is 4.56. The smallest absolute Gasteiger partial charge is 0.130 e. The van der Waals surface area contributed by atoms with E-state index < -0.39 is 0 Å². The molecular formula is C11H19N3S. The van der Waals surface area contributed by atoms with Crippen LogP contribution in [0.2, 0.25) is 0 Å². The maximum absolute atomic E-state index is 4.37. The van der Waals surface area contributed by atoms with Crippen LogP contribution in [0.4, 0.5) is 5.82 Å². The van der Waals surface area contributed by atoms with E-state index in [4.69, 9.17) is 0 Å². The van der Waals surface area contributed by atoms with E-state index in [-0.39, 0.29) is 0 Å². The first kappa shape index (κ1) is 12.3. The van der Waals surface area contributed by atoms with Crippen LogP contribution in [0, 0.1) is 6.92 Å². The number of anilines is 1. The first-order chi connectivity index (χ1) is 7.15. The van der Waals surface area contributed by atoms with Crippen molar-refractivity contribution in [2.75, 3.05) is 17.3 Å². The highest BCUT2D eigenvalue weighted by atomic mass is 32.2. The number of aromatic nitrogens is 2. The normalized spacial score (nSPS) is 12.5. The van der Waals surface area contributed by atoms with Crippen molar-refractivity contribution in [3.63, 3.8) is 0 Å². The summed E-state index contributed by atoms with van der Waals surface area (Å²) >= 11 is 1.84. The first-order valence-corrected chi connectivity index (χ1v) is 6.65. The van der Waals surface area contributed by atoms with E-state index in [0.717, 1.165) is 29.5 Å². The lowest BCUT2D eigenvalue weighted by molar-refractivity contribution is 0.880. The molecule has 1 atom stereocenters. The molecule has 0 saturated heterocycles. The van der Waals surface area contributed by atoms with Crippen molar-refractivity contribution in [1.29, 1.82) is 0 Å². The SMILES string of the molecule is CCc1cc(NC(C)CSC)nc(C)n1. The van der Waals surface area contributed by atoms with Crippen LogP contribution < -0.4 is 5.32 Å². The summed E-state index contributed by atoms with van der Waals surface area (Å²) in [5.74, 6) is 2.87. The lowest BCUT2D eigenvalue weighted by atomic mass is 10.3. The minimum atomic E-state index is 0.444. The van der Waals surface area contributed by atoms with Crippen molar-refractivity contribution in [2.45, 2.75) is 33.2 Å². The molecule has 0 amide bonds. The average Bonchev–Trinajstić information content (AvgIpc) is 2.17. The van der Waals surface area contributed by atoms with Crippen molar-refractivity contribution in [2.24, 2.45) is 0 Å². The third kappa shape index (κ3) is 4.08. The largest absolute Gasteiger partial charge is 0.367 e. The number of nitrogens with one attached hydrogen (secondary N) is 1. The molecule has 0 aliphatic rings. The summed E-state index contributed by atoms with van der Waals surface area (Å²) in [6.45, 7) is 6.21. The number of rotatable bonds is 5. The molecule has 84 valence electrons. The van der Waals surface area contributed by atoms with Gasteiger partial charge in [0.2, 0.25) is 0 Å². The van der Waals surface area contributed by atoms with Crippen LogP contribution in [0.25, 0.3) is 0 Å². The first-order valence-electron chi connectivity index (χ1n) is 5.25. The van der Waals surface area contributed by atoms with E-state index in [1.807, 2.05) is 24.8 Å². The van der Waals surface area contributed by atoms with Crippen molar-refractivity contribution in [3.8, 4) is 0 Å². The van der Waals surface area contributed by atoms with Gasteiger partial charge in [-0.15, -0.1) is 0 Å². The van der Waals surface area contributed by atoms with Gasteiger partial charge in [0, 0.05) is 23.6 Å². The Bertz CT molecular complexity index is 315. The molecule has 0 aliphatic heterocycles. The third-order valence-electron chi connectivity index (χ3n) is 2.06. The van der Waals surface area contributed by atoms with E-state index in [9.17, 15) is 0 Å². The highest BCUT2D eigenvalue weighted by molar-refractivity contribution is 7.98. The van der Waals surface area contributed by atoms with Crippen molar-refractivity contribution in [1.82, 2.24) is 9.97 Å². The van der Waals surface area contributed by atoms with Crippen molar-refractivity contribution < 1.29 is 0 Å². The predicted molar refractivity (Wildman–Crippen MR) is 67.6 cm³/mol. The zero-order valence-corrected chi connectivity index (χ0v) is 10.7. The second kappa shape index (κ2) is 5.95. The van der Waals surface area contributed by atoms with E-state index in [1.54, 1.807) is 0 Å². The minimum absolute atomic E-state index is 0.444. The fraction of sp³-hybridized carbons (Fsp3) is 0.636. The molecule has 0 radical (unpaired) electrons. The molecule has 0 fully saturated rings. The molecule has 1 rings (SSSR count). The molecule has 0 saturated carbocycles. The summed E-state index contributed by atoms with van der Waals surface area (Å²) < 4.78 is 0. The van der Waals surface area contributed by atoms with E-state index >= 15 is 0 Å². The van der Waals surface area contributed by atoms with Gasteiger partial charge in [-0.25, -0.2) is 9.97 Å². The molecule has 15 heavy (non-hydrogen) atoms. The van der Waals surface area contributed by atoms with E-state index in [1.165, 1.54) is 0 Å². The van der Waals surface area contributed by atoms with E-state index in [0.29, 0.717) is 6.04 Å². The van der Waals surface area contributed by atoms with Crippen LogP contribution in [-0.2, 0) is 6.42 Å². The molecule has 1 aromatic rings. The van der Waals surface area contributed by atoms with Gasteiger partial charge in [0.05, 0.1) is 0 Å². The van der Waals surface area contributed by atoms with Crippen LogP contribution in [-0.4, -0.2) is 28.0 Å². The summed E-state index contributed by atoms with van der Waals surface area (Å²) in [7, 11) is 0. The highest BCUT2D eigenvalue weighted by Gasteiger charge is 2.04. The Labute approximate surface area is 96.1 Å². The fourth-order valence-electron chi connectivity index (χ4n) is 1.43. The van der Waals surface area contributed by atoms with Gasteiger partial charge in [0.1, 0.15) is 11.6 Å². The lowest BCUT2D eigenvalue weighted by Gasteiger charge is -2.13. The predicted octanol–water partition coefficient (Wildman–Crippen LogP) is 2.51. The Kier molecular flexibility index (Phi) is 4.88. The molecule has 1 unspecified atom stereocenters. The standard InChI is InChI=1S/C11H19N3S/c1-5-10-6-11(14-9(3)13-10)12-8(2)7-15-4/h6,8H,5,7H2,1-4H3,(H,12,13,14). The van der Waals surface area contributed by atoms with Crippen molar-refractivity contribution >= 4 is 17.6 Å². The van der Waals surface area contributed by atoms with Crippen LogP contribution in [0.5, 0.6) is 0 Å². The van der Waals surface area contributed by atoms with Gasteiger partial charge in [0.25, 0.3) is 0 Å². The summed E-state index contributed by atoms with van der Waals surface area (Å²) in [5.41, 5.74) is 1.10. The number of hydrogen-bond acceptors (Lipinski definition) is 4. The van der Waals surface area contributed by atoms with Gasteiger partial charge in [-0.3, -0.25) is 0 Å². The quantitative estimate of drug-likeness (QED) is 0.835. The molecular weight excluding hydrogens is 206 g/mol. The Balaban J connectivity index is 2.71. The third-order valence-corrected chi connectivity index (χ3v) is 2.90. The second-order valence-electron chi connectivity index (χ2n) is 3.65. The van der Waals surface area contributed by atoms with Crippen molar-refractivity contribution in [3.05, 3.63) is 17.6 Å². The summed E-state index contributed by atoms with van der Waals surface area (Å²) in [6, 6.07) is 2.48. The maximum atomic E-state index is 4.37. The van der Waals surface area contributed by atoms with Crippen LogP contribution >= 0.6 is 11.8 Å². The number of nitrogens with zero attached hydrogens (tertiary/aromatic N) is 2. The molecule has 0 aliphatic carbocycles. The topological polar surface area (TPSA) is 37.8 Å². The van der Waals surface area contributed by atoms with E-state index in [2.05, 4.69) is 35.4 Å². The highest BCUT2D eigenvalue weighted by Crippen LogP contribution is 2.10. The molecule has 1 N–H and O–H groups in total. The number of aryl methyl sites for hydroxylation is 2. The molecule has 0 bridgehead atoms. The summed E-state index contributed by atoms with van der Waals surface area (Å²) in [6.07, 6.45) is 3.07. The molecule has 1 heterocycles. The Morgan fingerprint density at radius 2 is 2.20 bits per heavy atom. The molecule has 3 nitrogen and oxygen atoms in total. The van der Waals surface area contributed by atoms with Crippen LogP contribution in [0.15, 0.2) is 6.07 Å². The molecule has 0 aromatic carbocycles. The van der Waals surface area contributed by atoms with Gasteiger partial charge in [-0.2, -0.15) is 11.8 Å². The van der Waals surface area contributed by atoms with Crippen LogP contribution in [0.1, 0.15) is 25.4 Å². The zero-order chi connectivity index (χ0) is 11.3. The Hall–Kier alpha value is -0.770. The van der Waals surface area contributed by atoms with Gasteiger partial charge in [-0.1, -0.05) is 6.92 Å². The maximum Gasteiger partial charge on any atom is 0.130 e. The van der Waals surface area contributed by atoms with Gasteiger partial charge in [0.15, 0.2) is 0 Å².